The Hall–Kier alpha value is -3.60. The summed E-state index contributed by atoms with van der Waals surface area (Å²) < 4.78 is 0. The molecule has 0 radical (unpaired) electrons. The highest BCUT2D eigenvalue weighted by molar-refractivity contribution is 6.35. The molecule has 0 saturated carbocycles. The minimum atomic E-state index is -0.299. The van der Waals surface area contributed by atoms with E-state index in [0.29, 0.717) is 16.8 Å². The predicted molar refractivity (Wildman–Crippen MR) is 94.6 cm³/mol. The van der Waals surface area contributed by atoms with Gasteiger partial charge in [0.1, 0.15) is 0 Å². The van der Waals surface area contributed by atoms with Crippen molar-refractivity contribution in [3.63, 3.8) is 0 Å². The summed E-state index contributed by atoms with van der Waals surface area (Å²) in [5.74, 6) is -0.598. The van der Waals surface area contributed by atoms with Crippen LogP contribution in [0.2, 0.25) is 0 Å². The summed E-state index contributed by atoms with van der Waals surface area (Å²) in [6.07, 6.45) is 3.26. The summed E-state index contributed by atoms with van der Waals surface area (Å²) in [5, 5.41) is 1.73. The van der Waals surface area contributed by atoms with Crippen molar-refractivity contribution in [2.24, 2.45) is 0 Å². The van der Waals surface area contributed by atoms with E-state index in [2.05, 4.69) is 9.97 Å². The zero-order valence-electron chi connectivity index (χ0n) is 13.0. The minimum absolute atomic E-state index is 0.299. The lowest BCUT2D eigenvalue weighted by Gasteiger charge is -2.13. The smallest absolute Gasteiger partial charge is 0.266 e. The Labute approximate surface area is 142 Å². The molecule has 0 N–H and O–H groups in total. The number of hydrogen-bond donors (Lipinski definition) is 0. The number of anilines is 1. The number of hydrogen-bond acceptors (Lipinski definition) is 4. The third-order valence-electron chi connectivity index (χ3n) is 4.45. The molecule has 1 aromatic heterocycles. The van der Waals surface area contributed by atoms with Gasteiger partial charge in [-0.1, -0.05) is 18.2 Å². The van der Waals surface area contributed by atoms with Crippen LogP contribution >= 0.6 is 0 Å². The lowest BCUT2D eigenvalue weighted by Crippen LogP contribution is -2.29. The Bertz CT molecular complexity index is 1110. The fourth-order valence-corrected chi connectivity index (χ4v) is 3.26. The van der Waals surface area contributed by atoms with Crippen molar-refractivity contribution in [2.45, 2.75) is 0 Å². The van der Waals surface area contributed by atoms with E-state index in [1.165, 1.54) is 4.90 Å². The number of carbonyl (C=O) groups is 2. The van der Waals surface area contributed by atoms with Gasteiger partial charge in [-0.25, -0.2) is 4.90 Å². The van der Waals surface area contributed by atoms with Crippen LogP contribution < -0.4 is 4.90 Å². The molecule has 0 unspecified atom stereocenters. The fraction of sp³-hybridized carbons (Fsp3) is 0. The Kier molecular flexibility index (Phi) is 2.73. The van der Waals surface area contributed by atoms with Crippen LogP contribution in [0, 0.1) is 0 Å². The molecule has 3 aromatic carbocycles. The van der Waals surface area contributed by atoms with Crippen molar-refractivity contribution in [3.05, 3.63) is 78.1 Å². The zero-order chi connectivity index (χ0) is 17.0. The molecule has 2 heterocycles. The summed E-state index contributed by atoms with van der Waals surface area (Å²) >= 11 is 0. The van der Waals surface area contributed by atoms with Crippen LogP contribution in [0.3, 0.4) is 0 Å². The summed E-state index contributed by atoms with van der Waals surface area (Å²) in [4.78, 5) is 35.4. The number of fused-ring (bicyclic) bond motifs is 3. The molecule has 1 aliphatic rings. The van der Waals surface area contributed by atoms with Crippen molar-refractivity contribution in [3.8, 4) is 0 Å². The largest absolute Gasteiger partial charge is 0.268 e. The molecule has 0 fully saturated rings. The molecule has 1 aliphatic heterocycles. The molecule has 0 atom stereocenters. The van der Waals surface area contributed by atoms with Crippen LogP contribution in [0.25, 0.3) is 21.8 Å². The number of amides is 2. The van der Waals surface area contributed by atoms with Crippen LogP contribution in [0.4, 0.5) is 5.69 Å². The summed E-state index contributed by atoms with van der Waals surface area (Å²) in [6, 6.07) is 16.3. The van der Waals surface area contributed by atoms with Gasteiger partial charge in [0.25, 0.3) is 11.8 Å². The van der Waals surface area contributed by atoms with Gasteiger partial charge < -0.3 is 0 Å². The van der Waals surface area contributed by atoms with Gasteiger partial charge in [0, 0.05) is 12.4 Å². The highest BCUT2D eigenvalue weighted by atomic mass is 16.2. The number of aromatic nitrogens is 2. The predicted octanol–water partition coefficient (Wildman–Crippen LogP) is 3.58. The lowest BCUT2D eigenvalue weighted by atomic mass is 10.0. The molecule has 0 bridgehead atoms. The van der Waals surface area contributed by atoms with Gasteiger partial charge >= 0.3 is 0 Å². The summed E-state index contributed by atoms with van der Waals surface area (Å²) in [7, 11) is 0. The first-order chi connectivity index (χ1) is 12.2. The molecule has 0 spiro atoms. The molecule has 4 aromatic rings. The number of benzene rings is 3. The van der Waals surface area contributed by atoms with Crippen molar-refractivity contribution in [2.75, 3.05) is 4.90 Å². The first-order valence-electron chi connectivity index (χ1n) is 7.85. The molecule has 25 heavy (non-hydrogen) atoms. The van der Waals surface area contributed by atoms with E-state index < -0.39 is 0 Å². The molecular weight excluding hydrogens is 314 g/mol. The Balaban J connectivity index is 1.74. The van der Waals surface area contributed by atoms with E-state index in [9.17, 15) is 9.59 Å². The topological polar surface area (TPSA) is 63.2 Å². The van der Waals surface area contributed by atoms with Gasteiger partial charge in [0.05, 0.1) is 27.8 Å². The molecule has 0 saturated heterocycles. The third-order valence-corrected chi connectivity index (χ3v) is 4.45. The first-order valence-corrected chi connectivity index (χ1v) is 7.85. The molecule has 5 rings (SSSR count). The van der Waals surface area contributed by atoms with Gasteiger partial charge in [0.15, 0.2) is 0 Å². The van der Waals surface area contributed by atoms with E-state index in [1.54, 1.807) is 48.8 Å². The van der Waals surface area contributed by atoms with Crippen LogP contribution in [0.1, 0.15) is 20.7 Å². The molecule has 5 heteroatoms. The standard InChI is InChI=1S/C20H11N3O2/c24-19-15-8-12-10-17-18(22-7-6-21-17)11-13(12)9-16(15)20(25)23(19)14-4-2-1-3-5-14/h1-11H. The molecule has 0 aliphatic carbocycles. The van der Waals surface area contributed by atoms with E-state index in [0.717, 1.165) is 21.8 Å². The fourth-order valence-electron chi connectivity index (χ4n) is 3.26. The SMILES string of the molecule is O=C1c2cc3cc4nccnc4cc3cc2C(=O)N1c1ccccc1. The second-order valence-electron chi connectivity index (χ2n) is 5.92. The average molecular weight is 325 g/mol. The third kappa shape index (κ3) is 1.96. The summed E-state index contributed by atoms with van der Waals surface area (Å²) in [6.45, 7) is 0. The minimum Gasteiger partial charge on any atom is -0.268 e. The van der Waals surface area contributed by atoms with Crippen LogP contribution in [-0.4, -0.2) is 21.8 Å². The molecular formula is C20H11N3O2. The highest BCUT2D eigenvalue weighted by Gasteiger charge is 2.36. The van der Waals surface area contributed by atoms with Crippen molar-refractivity contribution in [1.82, 2.24) is 9.97 Å². The van der Waals surface area contributed by atoms with Crippen molar-refractivity contribution >= 4 is 39.3 Å². The quantitative estimate of drug-likeness (QED) is 0.396. The van der Waals surface area contributed by atoms with Crippen molar-refractivity contribution < 1.29 is 9.59 Å². The first kappa shape index (κ1) is 13.8. The second-order valence-corrected chi connectivity index (χ2v) is 5.92. The maximum Gasteiger partial charge on any atom is 0.266 e. The zero-order valence-corrected chi connectivity index (χ0v) is 13.0. The van der Waals surface area contributed by atoms with E-state index in [-0.39, 0.29) is 11.8 Å². The van der Waals surface area contributed by atoms with E-state index >= 15 is 0 Å². The molecule has 2 amide bonds. The van der Waals surface area contributed by atoms with Crippen LogP contribution in [0.15, 0.2) is 67.0 Å². The number of carbonyl (C=O) groups excluding carboxylic acids is 2. The van der Waals surface area contributed by atoms with Gasteiger partial charge in [-0.3, -0.25) is 19.6 Å². The van der Waals surface area contributed by atoms with Crippen molar-refractivity contribution in [1.29, 1.82) is 0 Å². The molecule has 5 nitrogen and oxygen atoms in total. The Morgan fingerprint density at radius 2 is 1.20 bits per heavy atom. The molecule has 118 valence electrons. The lowest BCUT2D eigenvalue weighted by molar-refractivity contribution is 0.0926. The maximum absolute atomic E-state index is 12.8. The van der Waals surface area contributed by atoms with E-state index in [4.69, 9.17) is 0 Å². The maximum atomic E-state index is 12.8. The van der Waals surface area contributed by atoms with Crippen LogP contribution in [0.5, 0.6) is 0 Å². The number of rotatable bonds is 1. The van der Waals surface area contributed by atoms with Gasteiger partial charge in [0.2, 0.25) is 0 Å². The van der Waals surface area contributed by atoms with Crippen LogP contribution in [-0.2, 0) is 0 Å². The highest BCUT2D eigenvalue weighted by Crippen LogP contribution is 2.32. The van der Waals surface area contributed by atoms with Gasteiger partial charge in [-0.2, -0.15) is 0 Å². The number of nitrogens with zero attached hydrogens (tertiary/aromatic N) is 3. The average Bonchev–Trinajstić information content (AvgIpc) is 2.89. The normalized spacial score (nSPS) is 13.7. The van der Waals surface area contributed by atoms with Gasteiger partial charge in [-0.15, -0.1) is 0 Å². The van der Waals surface area contributed by atoms with Gasteiger partial charge in [-0.05, 0) is 47.2 Å². The Morgan fingerprint density at radius 3 is 1.72 bits per heavy atom. The number of para-hydroxylation sites is 1. The number of imide groups is 1. The van der Waals surface area contributed by atoms with E-state index in [1.807, 2.05) is 18.2 Å². The summed E-state index contributed by atoms with van der Waals surface area (Å²) in [5.41, 5.74) is 2.93. The Morgan fingerprint density at radius 1 is 0.680 bits per heavy atom. The second kappa shape index (κ2) is 4.95. The monoisotopic (exact) mass is 325 g/mol.